The molecule has 0 spiro atoms. The molecule has 0 aromatic heterocycles. The van der Waals surface area contributed by atoms with E-state index in [1.54, 1.807) is 0 Å². The third kappa shape index (κ3) is 5.73. The Labute approximate surface area is 179 Å². The summed E-state index contributed by atoms with van der Waals surface area (Å²) in [6, 6.07) is 15.1. The second kappa shape index (κ2) is 10.3. The van der Waals surface area contributed by atoms with Crippen molar-refractivity contribution in [1.82, 2.24) is 4.90 Å². The lowest BCUT2D eigenvalue weighted by Crippen LogP contribution is -2.49. The number of ether oxygens (including phenoxy) is 1. The molecule has 30 heavy (non-hydrogen) atoms. The number of benzene rings is 2. The maximum atomic E-state index is 13.1. The van der Waals surface area contributed by atoms with Crippen LogP contribution in [0, 0.1) is 5.82 Å². The molecule has 2 aliphatic rings. The van der Waals surface area contributed by atoms with Gasteiger partial charge >= 0.3 is 0 Å². The van der Waals surface area contributed by atoms with E-state index in [-0.39, 0.29) is 5.82 Å². The topological polar surface area (TPSA) is 35.9 Å². The molecule has 2 aromatic carbocycles. The van der Waals surface area contributed by atoms with Gasteiger partial charge in [0.2, 0.25) is 0 Å². The van der Waals surface area contributed by atoms with Crippen LogP contribution in [0.15, 0.2) is 48.5 Å². The average molecular weight is 413 g/mol. The second-order valence-corrected chi connectivity index (χ2v) is 8.63. The molecule has 1 saturated heterocycles. The number of rotatable bonds is 7. The van der Waals surface area contributed by atoms with Gasteiger partial charge in [0.25, 0.3) is 0 Å². The summed E-state index contributed by atoms with van der Waals surface area (Å²) in [7, 11) is 0. The third-order valence-corrected chi connectivity index (χ3v) is 6.43. The van der Waals surface area contributed by atoms with E-state index < -0.39 is 6.10 Å². The minimum absolute atomic E-state index is 0.205. The highest BCUT2D eigenvalue weighted by atomic mass is 19.1. The van der Waals surface area contributed by atoms with Gasteiger partial charge in [-0.05, 0) is 60.7 Å². The summed E-state index contributed by atoms with van der Waals surface area (Å²) in [5.74, 6) is 1.32. The van der Waals surface area contributed by atoms with E-state index in [1.165, 1.54) is 49.8 Å². The van der Waals surface area contributed by atoms with E-state index in [0.29, 0.717) is 19.1 Å². The Balaban J connectivity index is 1.18. The Morgan fingerprint density at radius 3 is 2.23 bits per heavy atom. The summed E-state index contributed by atoms with van der Waals surface area (Å²) >= 11 is 0. The Morgan fingerprint density at radius 2 is 1.57 bits per heavy atom. The van der Waals surface area contributed by atoms with Crippen molar-refractivity contribution in [3.05, 3.63) is 59.9 Å². The summed E-state index contributed by atoms with van der Waals surface area (Å²) in [5.41, 5.74) is 2.47. The Morgan fingerprint density at radius 1 is 0.900 bits per heavy atom. The molecule has 1 N–H and O–H groups in total. The molecule has 5 heteroatoms. The number of halogens is 1. The number of β-amino-alcohol motifs (C(OH)–C–C–N with tert-alkyl or cyclic N) is 1. The van der Waals surface area contributed by atoms with Gasteiger partial charge in [0, 0.05) is 38.4 Å². The molecule has 1 atom stereocenters. The molecule has 0 radical (unpaired) electrons. The fourth-order valence-corrected chi connectivity index (χ4v) is 4.66. The quantitative estimate of drug-likeness (QED) is 0.730. The highest BCUT2D eigenvalue weighted by Gasteiger charge is 2.20. The number of hydrogen-bond acceptors (Lipinski definition) is 4. The number of aliphatic hydroxyl groups excluding tert-OH is 1. The highest BCUT2D eigenvalue weighted by Crippen LogP contribution is 2.33. The molecule has 1 aliphatic heterocycles. The Hall–Kier alpha value is -2.11. The molecular weight excluding hydrogens is 379 g/mol. The summed E-state index contributed by atoms with van der Waals surface area (Å²) in [6.07, 6.45) is 6.14. The minimum atomic E-state index is -0.514. The summed E-state index contributed by atoms with van der Waals surface area (Å²) in [6.45, 7) is 4.43. The first-order valence-corrected chi connectivity index (χ1v) is 11.3. The first kappa shape index (κ1) is 21.1. The van der Waals surface area contributed by atoms with Crippen molar-refractivity contribution in [3.8, 4) is 5.75 Å². The lowest BCUT2D eigenvalue weighted by molar-refractivity contribution is 0.0663. The lowest BCUT2D eigenvalue weighted by Gasteiger charge is -2.36. The maximum Gasteiger partial charge on any atom is 0.123 e. The van der Waals surface area contributed by atoms with Crippen LogP contribution in [-0.4, -0.2) is 55.4 Å². The Bertz CT molecular complexity index is 767. The lowest BCUT2D eigenvalue weighted by atomic mass is 9.84. The minimum Gasteiger partial charge on any atom is -0.491 e. The molecule has 4 rings (SSSR count). The van der Waals surface area contributed by atoms with E-state index >= 15 is 0 Å². The predicted molar refractivity (Wildman–Crippen MR) is 119 cm³/mol. The molecule has 1 aliphatic carbocycles. The van der Waals surface area contributed by atoms with Gasteiger partial charge in [0.05, 0.1) is 0 Å². The molecule has 0 amide bonds. The summed E-state index contributed by atoms with van der Waals surface area (Å²) in [4.78, 5) is 4.52. The number of anilines is 1. The second-order valence-electron chi connectivity index (χ2n) is 8.63. The van der Waals surface area contributed by atoms with Crippen LogP contribution in [-0.2, 0) is 0 Å². The van der Waals surface area contributed by atoms with Crippen molar-refractivity contribution in [2.24, 2.45) is 0 Å². The maximum absolute atomic E-state index is 13.1. The van der Waals surface area contributed by atoms with Gasteiger partial charge in [-0.25, -0.2) is 4.39 Å². The normalized spacial score (nSPS) is 19.6. The standard InChI is InChI=1S/C25H33FN2O2/c26-22-8-10-23(11-9-22)28-16-14-27(15-17-28)18-24(29)19-30-25-12-6-21(7-13-25)20-4-2-1-3-5-20/h6-13,20,24,29H,1-5,14-19H2/t24-/m0/s1. The molecule has 0 unspecified atom stereocenters. The van der Waals surface area contributed by atoms with Crippen LogP contribution < -0.4 is 9.64 Å². The zero-order chi connectivity index (χ0) is 20.8. The summed E-state index contributed by atoms with van der Waals surface area (Å²) < 4.78 is 18.9. The molecule has 2 aromatic rings. The average Bonchev–Trinajstić information content (AvgIpc) is 2.80. The Kier molecular flexibility index (Phi) is 7.24. The van der Waals surface area contributed by atoms with Gasteiger partial charge < -0.3 is 14.7 Å². The fourth-order valence-electron chi connectivity index (χ4n) is 4.66. The first-order valence-electron chi connectivity index (χ1n) is 11.3. The third-order valence-electron chi connectivity index (χ3n) is 6.43. The first-order chi connectivity index (χ1) is 14.7. The van der Waals surface area contributed by atoms with Crippen LogP contribution in [0.1, 0.15) is 43.6 Å². The van der Waals surface area contributed by atoms with Crippen molar-refractivity contribution in [1.29, 1.82) is 0 Å². The molecule has 4 nitrogen and oxygen atoms in total. The highest BCUT2D eigenvalue weighted by molar-refractivity contribution is 5.46. The molecular formula is C25H33FN2O2. The largest absolute Gasteiger partial charge is 0.491 e. The van der Waals surface area contributed by atoms with Crippen LogP contribution in [0.5, 0.6) is 5.75 Å². The van der Waals surface area contributed by atoms with Gasteiger partial charge in [0.15, 0.2) is 0 Å². The van der Waals surface area contributed by atoms with Crippen molar-refractivity contribution in [2.75, 3.05) is 44.2 Å². The smallest absolute Gasteiger partial charge is 0.123 e. The number of piperazine rings is 1. The summed E-state index contributed by atoms with van der Waals surface area (Å²) in [5, 5.41) is 10.4. The predicted octanol–water partition coefficient (Wildman–Crippen LogP) is 4.44. The van der Waals surface area contributed by atoms with E-state index in [4.69, 9.17) is 4.74 Å². The van der Waals surface area contributed by atoms with E-state index in [9.17, 15) is 9.50 Å². The van der Waals surface area contributed by atoms with Crippen molar-refractivity contribution in [2.45, 2.75) is 44.1 Å². The van der Waals surface area contributed by atoms with E-state index in [2.05, 4.69) is 21.9 Å². The van der Waals surface area contributed by atoms with Crippen molar-refractivity contribution >= 4 is 5.69 Å². The van der Waals surface area contributed by atoms with Crippen LogP contribution in [0.3, 0.4) is 0 Å². The van der Waals surface area contributed by atoms with Crippen LogP contribution in [0.2, 0.25) is 0 Å². The zero-order valence-electron chi connectivity index (χ0n) is 17.7. The molecule has 0 bridgehead atoms. The van der Waals surface area contributed by atoms with Crippen LogP contribution in [0.4, 0.5) is 10.1 Å². The van der Waals surface area contributed by atoms with Gasteiger partial charge in [0.1, 0.15) is 24.3 Å². The molecule has 1 saturated carbocycles. The van der Waals surface area contributed by atoms with E-state index in [0.717, 1.165) is 37.6 Å². The van der Waals surface area contributed by atoms with Crippen molar-refractivity contribution in [3.63, 3.8) is 0 Å². The SMILES string of the molecule is O[C@H](COc1ccc(C2CCCCC2)cc1)CN1CCN(c2ccc(F)cc2)CC1. The fraction of sp³-hybridized carbons (Fsp3) is 0.520. The number of aliphatic hydroxyl groups is 1. The number of hydrogen-bond donors (Lipinski definition) is 1. The van der Waals surface area contributed by atoms with Crippen LogP contribution in [0.25, 0.3) is 0 Å². The molecule has 162 valence electrons. The van der Waals surface area contributed by atoms with Crippen LogP contribution >= 0.6 is 0 Å². The van der Waals surface area contributed by atoms with E-state index in [1.807, 2.05) is 24.3 Å². The van der Waals surface area contributed by atoms with Gasteiger partial charge in [-0.15, -0.1) is 0 Å². The van der Waals surface area contributed by atoms with Gasteiger partial charge in [-0.3, -0.25) is 4.90 Å². The number of nitrogens with zero attached hydrogens (tertiary/aromatic N) is 2. The molecule has 2 fully saturated rings. The monoisotopic (exact) mass is 412 g/mol. The molecule has 1 heterocycles. The van der Waals surface area contributed by atoms with Gasteiger partial charge in [-0.1, -0.05) is 31.4 Å². The van der Waals surface area contributed by atoms with Gasteiger partial charge in [-0.2, -0.15) is 0 Å². The van der Waals surface area contributed by atoms with Crippen molar-refractivity contribution < 1.29 is 14.2 Å². The zero-order valence-corrected chi connectivity index (χ0v) is 17.7.